The SMILES string of the molecule is COC(=O)c1cncc(S(=O)(=O)NCC(=O)N[C@@H](C)C(=O)O)c1. The molecule has 0 bridgehead atoms. The number of aromatic nitrogens is 1. The zero-order chi connectivity index (χ0) is 17.6. The number of nitrogens with one attached hydrogen (secondary N) is 2. The van der Waals surface area contributed by atoms with Crippen molar-refractivity contribution in [2.24, 2.45) is 0 Å². The summed E-state index contributed by atoms with van der Waals surface area (Å²) in [4.78, 5) is 36.7. The topological polar surface area (TPSA) is 152 Å². The molecule has 0 fully saturated rings. The van der Waals surface area contributed by atoms with Gasteiger partial charge in [-0.05, 0) is 13.0 Å². The van der Waals surface area contributed by atoms with E-state index in [0.29, 0.717) is 0 Å². The number of hydrogen-bond acceptors (Lipinski definition) is 7. The normalized spacial score (nSPS) is 12.3. The van der Waals surface area contributed by atoms with Crippen LogP contribution in [-0.2, 0) is 24.3 Å². The van der Waals surface area contributed by atoms with E-state index in [1.807, 2.05) is 4.72 Å². The Morgan fingerprint density at radius 3 is 2.57 bits per heavy atom. The molecule has 23 heavy (non-hydrogen) atoms. The van der Waals surface area contributed by atoms with Crippen LogP contribution in [0.5, 0.6) is 0 Å². The van der Waals surface area contributed by atoms with Gasteiger partial charge in [0, 0.05) is 12.4 Å². The number of aliphatic carboxylic acids is 1. The first-order valence-corrected chi connectivity index (χ1v) is 7.71. The van der Waals surface area contributed by atoms with Crippen molar-refractivity contribution in [1.82, 2.24) is 15.0 Å². The van der Waals surface area contributed by atoms with Crippen molar-refractivity contribution in [3.05, 3.63) is 24.0 Å². The van der Waals surface area contributed by atoms with E-state index in [4.69, 9.17) is 5.11 Å². The van der Waals surface area contributed by atoms with Crippen molar-refractivity contribution in [2.75, 3.05) is 13.7 Å². The van der Waals surface area contributed by atoms with Crippen molar-refractivity contribution in [3.63, 3.8) is 0 Å². The molecular formula is C12H15N3O7S. The predicted molar refractivity (Wildman–Crippen MR) is 76.0 cm³/mol. The molecule has 0 unspecified atom stereocenters. The predicted octanol–water partition coefficient (Wildman–Crippen LogP) is -1.26. The molecule has 0 aromatic carbocycles. The number of methoxy groups -OCH3 is 1. The van der Waals surface area contributed by atoms with Gasteiger partial charge in [-0.2, -0.15) is 0 Å². The van der Waals surface area contributed by atoms with E-state index in [9.17, 15) is 22.8 Å². The van der Waals surface area contributed by atoms with Gasteiger partial charge in [-0.25, -0.2) is 17.9 Å². The summed E-state index contributed by atoms with van der Waals surface area (Å²) < 4.78 is 30.5. The van der Waals surface area contributed by atoms with Gasteiger partial charge in [0.2, 0.25) is 15.9 Å². The molecule has 1 amide bonds. The fourth-order valence-electron chi connectivity index (χ4n) is 1.39. The standard InChI is InChI=1S/C12H15N3O7S/c1-7(11(17)18)15-10(16)6-14-23(20,21)9-3-8(4-13-5-9)12(19)22-2/h3-5,7,14H,6H2,1-2H3,(H,15,16)(H,17,18)/t7-/m0/s1. The third kappa shape index (κ3) is 5.30. The monoisotopic (exact) mass is 345 g/mol. The van der Waals surface area contributed by atoms with Crippen LogP contribution in [0.3, 0.4) is 0 Å². The lowest BCUT2D eigenvalue weighted by molar-refractivity contribution is -0.141. The van der Waals surface area contributed by atoms with E-state index in [-0.39, 0.29) is 10.5 Å². The van der Waals surface area contributed by atoms with Gasteiger partial charge in [0.15, 0.2) is 0 Å². The number of carboxylic acids is 1. The number of hydrogen-bond donors (Lipinski definition) is 3. The van der Waals surface area contributed by atoms with E-state index in [1.165, 1.54) is 6.92 Å². The smallest absolute Gasteiger partial charge is 0.339 e. The molecule has 1 heterocycles. The summed E-state index contributed by atoms with van der Waals surface area (Å²) in [6.45, 7) is 0.570. The number of nitrogens with zero attached hydrogens (tertiary/aromatic N) is 1. The summed E-state index contributed by atoms with van der Waals surface area (Å²) in [6.07, 6.45) is 2.12. The molecule has 10 nitrogen and oxygen atoms in total. The Balaban J connectivity index is 2.78. The van der Waals surface area contributed by atoms with Crippen molar-refractivity contribution in [2.45, 2.75) is 17.9 Å². The van der Waals surface area contributed by atoms with Crippen LogP contribution in [0.25, 0.3) is 0 Å². The number of sulfonamides is 1. The van der Waals surface area contributed by atoms with E-state index in [0.717, 1.165) is 25.6 Å². The zero-order valence-electron chi connectivity index (χ0n) is 12.3. The lowest BCUT2D eigenvalue weighted by Crippen LogP contribution is -2.43. The Bertz CT molecular complexity index is 717. The number of ether oxygens (including phenoxy) is 1. The minimum Gasteiger partial charge on any atom is -0.480 e. The maximum Gasteiger partial charge on any atom is 0.339 e. The first-order valence-electron chi connectivity index (χ1n) is 6.22. The first-order chi connectivity index (χ1) is 10.7. The average Bonchev–Trinajstić information content (AvgIpc) is 2.52. The second kappa shape index (κ2) is 7.65. The van der Waals surface area contributed by atoms with Gasteiger partial charge < -0.3 is 15.2 Å². The summed E-state index contributed by atoms with van der Waals surface area (Å²) in [5, 5.41) is 10.7. The molecular weight excluding hydrogens is 330 g/mol. The summed E-state index contributed by atoms with van der Waals surface area (Å²) >= 11 is 0. The van der Waals surface area contributed by atoms with Crippen LogP contribution in [0.15, 0.2) is 23.4 Å². The molecule has 3 N–H and O–H groups in total. The number of pyridine rings is 1. The summed E-state index contributed by atoms with van der Waals surface area (Å²) in [5.74, 6) is -2.83. The quantitative estimate of drug-likeness (QED) is 0.518. The van der Waals surface area contributed by atoms with Gasteiger partial charge in [-0.15, -0.1) is 0 Å². The van der Waals surface area contributed by atoms with Gasteiger partial charge in [0.25, 0.3) is 0 Å². The Labute approximate surface area is 131 Å². The minimum atomic E-state index is -4.10. The van der Waals surface area contributed by atoms with Crippen molar-refractivity contribution >= 4 is 27.9 Å². The third-order valence-corrected chi connectivity index (χ3v) is 3.98. The Hall–Kier alpha value is -2.53. The largest absolute Gasteiger partial charge is 0.480 e. The highest BCUT2D eigenvalue weighted by Gasteiger charge is 2.20. The fourth-order valence-corrected chi connectivity index (χ4v) is 2.36. The molecule has 0 saturated heterocycles. The molecule has 11 heteroatoms. The lowest BCUT2D eigenvalue weighted by atomic mass is 10.3. The summed E-state index contributed by atoms with van der Waals surface area (Å²) in [7, 11) is -2.97. The molecule has 126 valence electrons. The van der Waals surface area contributed by atoms with Crippen LogP contribution in [-0.4, -0.2) is 56.1 Å². The molecule has 0 aliphatic carbocycles. The number of carboxylic acid groups (broad SMARTS) is 1. The molecule has 0 aliphatic rings. The molecule has 1 atom stereocenters. The third-order valence-electron chi connectivity index (χ3n) is 2.62. The molecule has 0 aliphatic heterocycles. The minimum absolute atomic E-state index is 0.0701. The van der Waals surface area contributed by atoms with Crippen LogP contribution in [0, 0.1) is 0 Å². The van der Waals surface area contributed by atoms with E-state index >= 15 is 0 Å². The van der Waals surface area contributed by atoms with Gasteiger partial charge in [-0.3, -0.25) is 14.6 Å². The number of esters is 1. The van der Waals surface area contributed by atoms with Crippen molar-refractivity contribution < 1.29 is 32.6 Å². The summed E-state index contributed by atoms with van der Waals surface area (Å²) in [6, 6.07) is -0.116. The fraction of sp³-hybridized carbons (Fsp3) is 0.333. The van der Waals surface area contributed by atoms with Crippen LogP contribution in [0.1, 0.15) is 17.3 Å². The molecule has 0 saturated carbocycles. The van der Waals surface area contributed by atoms with Gasteiger partial charge in [-0.1, -0.05) is 0 Å². The summed E-state index contributed by atoms with van der Waals surface area (Å²) in [5.41, 5.74) is -0.0701. The highest BCUT2D eigenvalue weighted by Crippen LogP contribution is 2.10. The molecule has 0 spiro atoms. The van der Waals surface area contributed by atoms with E-state index in [1.54, 1.807) is 0 Å². The maximum absolute atomic E-state index is 12.0. The Morgan fingerprint density at radius 2 is 2.00 bits per heavy atom. The highest BCUT2D eigenvalue weighted by molar-refractivity contribution is 7.89. The second-order valence-electron chi connectivity index (χ2n) is 4.35. The second-order valence-corrected chi connectivity index (χ2v) is 6.12. The molecule has 0 radical (unpaired) electrons. The number of carbonyl (C=O) groups is 3. The van der Waals surface area contributed by atoms with Gasteiger partial charge in [0.1, 0.15) is 10.9 Å². The number of rotatable bonds is 7. The van der Waals surface area contributed by atoms with Crippen LogP contribution < -0.4 is 10.0 Å². The van der Waals surface area contributed by atoms with Crippen LogP contribution in [0.2, 0.25) is 0 Å². The van der Waals surface area contributed by atoms with Gasteiger partial charge in [0.05, 0.1) is 19.2 Å². The Morgan fingerprint density at radius 1 is 1.35 bits per heavy atom. The van der Waals surface area contributed by atoms with Crippen LogP contribution >= 0.6 is 0 Å². The van der Waals surface area contributed by atoms with E-state index in [2.05, 4.69) is 15.0 Å². The molecule has 1 rings (SSSR count). The van der Waals surface area contributed by atoms with Crippen LogP contribution in [0.4, 0.5) is 0 Å². The van der Waals surface area contributed by atoms with Crippen molar-refractivity contribution in [3.8, 4) is 0 Å². The lowest BCUT2D eigenvalue weighted by Gasteiger charge is -2.10. The highest BCUT2D eigenvalue weighted by atomic mass is 32.2. The molecule has 1 aromatic heterocycles. The average molecular weight is 345 g/mol. The number of carbonyl (C=O) groups excluding carboxylic acids is 2. The number of amides is 1. The first kappa shape index (κ1) is 18.5. The Kier molecular flexibility index (Phi) is 6.16. The maximum atomic E-state index is 12.0. The van der Waals surface area contributed by atoms with Gasteiger partial charge >= 0.3 is 11.9 Å². The van der Waals surface area contributed by atoms with Crippen molar-refractivity contribution in [1.29, 1.82) is 0 Å². The van der Waals surface area contributed by atoms with E-state index < -0.39 is 40.5 Å². The zero-order valence-corrected chi connectivity index (χ0v) is 13.1. The molecule has 1 aromatic rings.